The number of rotatable bonds is 2. The van der Waals surface area contributed by atoms with Crippen molar-refractivity contribution in [1.82, 2.24) is 9.97 Å². The third-order valence-electron chi connectivity index (χ3n) is 2.89. The highest BCUT2D eigenvalue weighted by atomic mass is 32.1. The van der Waals surface area contributed by atoms with Gasteiger partial charge in [0.05, 0.1) is 10.4 Å². The summed E-state index contributed by atoms with van der Waals surface area (Å²) in [5.74, 6) is -1.17. The van der Waals surface area contributed by atoms with Gasteiger partial charge in [0, 0.05) is 0 Å². The Morgan fingerprint density at radius 2 is 2.11 bits per heavy atom. The second-order valence-electron chi connectivity index (χ2n) is 3.97. The maximum Gasteiger partial charge on any atom is 0.186 e. The zero-order valence-electron chi connectivity index (χ0n) is 9.63. The average Bonchev–Trinajstić information content (AvgIpc) is 2.99. The van der Waals surface area contributed by atoms with Crippen LogP contribution < -0.4 is 0 Å². The molecule has 5 heteroatoms. The van der Waals surface area contributed by atoms with E-state index in [9.17, 15) is 8.78 Å². The fourth-order valence-corrected chi connectivity index (χ4v) is 2.89. The van der Waals surface area contributed by atoms with Gasteiger partial charge in [0.2, 0.25) is 0 Å². The molecule has 0 saturated heterocycles. The Kier molecular flexibility index (Phi) is 2.63. The fraction of sp³-hybridized carbons (Fsp3) is 0.154. The highest BCUT2D eigenvalue weighted by molar-refractivity contribution is 7.13. The lowest BCUT2D eigenvalue weighted by molar-refractivity contribution is 0.515. The molecule has 0 atom stereocenters. The molecule has 0 saturated carbocycles. The van der Waals surface area contributed by atoms with Crippen molar-refractivity contribution in [2.24, 2.45) is 0 Å². The smallest absolute Gasteiger partial charge is 0.186 e. The molecule has 0 spiro atoms. The van der Waals surface area contributed by atoms with E-state index < -0.39 is 11.6 Å². The normalized spacial score (nSPS) is 11.3. The Bertz CT molecular complexity index is 715. The molecule has 3 aromatic rings. The molecule has 0 amide bonds. The van der Waals surface area contributed by atoms with Gasteiger partial charge in [-0.05, 0) is 35.6 Å². The largest absolute Gasteiger partial charge is 0.337 e. The van der Waals surface area contributed by atoms with Crippen LogP contribution in [0, 0.1) is 11.6 Å². The number of aromatic amines is 1. The van der Waals surface area contributed by atoms with Gasteiger partial charge >= 0.3 is 0 Å². The van der Waals surface area contributed by atoms with E-state index in [2.05, 4.69) is 16.9 Å². The molecule has 0 radical (unpaired) electrons. The second kappa shape index (κ2) is 4.17. The first-order valence-corrected chi connectivity index (χ1v) is 6.49. The molecule has 1 N–H and O–H groups in total. The fourth-order valence-electron chi connectivity index (χ4n) is 1.95. The summed E-state index contributed by atoms with van der Waals surface area (Å²) in [7, 11) is 0. The summed E-state index contributed by atoms with van der Waals surface area (Å²) in [4.78, 5) is 8.18. The number of nitrogens with zero attached hydrogens (tertiary/aromatic N) is 1. The van der Waals surface area contributed by atoms with Crippen LogP contribution in [0.2, 0.25) is 0 Å². The third kappa shape index (κ3) is 1.62. The Hall–Kier alpha value is -1.75. The Labute approximate surface area is 106 Å². The molecular weight excluding hydrogens is 254 g/mol. The first-order chi connectivity index (χ1) is 8.70. The van der Waals surface area contributed by atoms with E-state index in [1.807, 2.05) is 11.4 Å². The van der Waals surface area contributed by atoms with Crippen LogP contribution in [0.25, 0.3) is 21.7 Å². The Morgan fingerprint density at radius 3 is 2.89 bits per heavy atom. The molecule has 0 aliphatic carbocycles. The molecular formula is C13H10F2N2S. The van der Waals surface area contributed by atoms with E-state index in [-0.39, 0.29) is 5.52 Å². The lowest BCUT2D eigenvalue weighted by atomic mass is 10.2. The molecule has 2 heterocycles. The molecule has 92 valence electrons. The summed E-state index contributed by atoms with van der Waals surface area (Å²) in [6.07, 6.45) is 0.882. The van der Waals surface area contributed by atoms with Crippen molar-refractivity contribution >= 4 is 22.4 Å². The number of fused-ring (bicyclic) bond motifs is 1. The Balaban J connectivity index is 2.23. The van der Waals surface area contributed by atoms with Crippen LogP contribution in [0.15, 0.2) is 23.6 Å². The van der Waals surface area contributed by atoms with Gasteiger partial charge in [-0.25, -0.2) is 13.8 Å². The quantitative estimate of drug-likeness (QED) is 0.740. The minimum atomic E-state index is -0.899. The number of benzene rings is 1. The highest BCUT2D eigenvalue weighted by Crippen LogP contribution is 2.30. The number of aryl methyl sites for hydroxylation is 1. The molecule has 2 nitrogen and oxygen atoms in total. The third-order valence-corrected chi connectivity index (χ3v) is 3.85. The number of thiophene rings is 1. The van der Waals surface area contributed by atoms with Gasteiger partial charge in [-0.1, -0.05) is 6.92 Å². The zero-order chi connectivity index (χ0) is 12.7. The van der Waals surface area contributed by atoms with Crippen molar-refractivity contribution in [3.63, 3.8) is 0 Å². The van der Waals surface area contributed by atoms with E-state index in [1.165, 1.54) is 6.07 Å². The van der Waals surface area contributed by atoms with Gasteiger partial charge < -0.3 is 4.98 Å². The van der Waals surface area contributed by atoms with E-state index >= 15 is 0 Å². The number of hydrogen-bond donors (Lipinski definition) is 1. The van der Waals surface area contributed by atoms with Crippen molar-refractivity contribution < 1.29 is 8.78 Å². The van der Waals surface area contributed by atoms with E-state index in [1.54, 1.807) is 11.3 Å². The van der Waals surface area contributed by atoms with Crippen LogP contribution in [0.5, 0.6) is 0 Å². The summed E-state index contributed by atoms with van der Waals surface area (Å²) >= 11 is 1.54. The molecule has 0 unspecified atom stereocenters. The topological polar surface area (TPSA) is 28.7 Å². The lowest BCUT2D eigenvalue weighted by Gasteiger charge is -1.95. The summed E-state index contributed by atoms with van der Waals surface area (Å²) in [6, 6.07) is 4.63. The predicted molar refractivity (Wildman–Crippen MR) is 68.7 cm³/mol. The van der Waals surface area contributed by atoms with E-state index in [4.69, 9.17) is 0 Å². The van der Waals surface area contributed by atoms with Crippen LogP contribution in [-0.2, 0) is 6.42 Å². The first kappa shape index (κ1) is 11.3. The minimum Gasteiger partial charge on any atom is -0.337 e. The summed E-state index contributed by atoms with van der Waals surface area (Å²) in [5.41, 5.74) is 1.72. The molecule has 0 aliphatic rings. The Morgan fingerprint density at radius 1 is 1.28 bits per heavy atom. The van der Waals surface area contributed by atoms with Crippen molar-refractivity contribution in [1.29, 1.82) is 0 Å². The first-order valence-electron chi connectivity index (χ1n) is 5.61. The van der Waals surface area contributed by atoms with Crippen LogP contribution >= 0.6 is 11.3 Å². The lowest BCUT2D eigenvalue weighted by Crippen LogP contribution is -1.84. The second-order valence-corrected chi connectivity index (χ2v) is 4.89. The summed E-state index contributed by atoms with van der Waals surface area (Å²) in [5, 5.41) is 1.97. The monoisotopic (exact) mass is 264 g/mol. The van der Waals surface area contributed by atoms with Gasteiger partial charge in [0.15, 0.2) is 11.6 Å². The molecule has 0 aliphatic heterocycles. The van der Waals surface area contributed by atoms with Crippen LogP contribution in [-0.4, -0.2) is 9.97 Å². The van der Waals surface area contributed by atoms with Crippen molar-refractivity contribution in [2.75, 3.05) is 0 Å². The molecule has 2 aromatic heterocycles. The number of nitrogens with one attached hydrogen (secondary N) is 1. The van der Waals surface area contributed by atoms with Crippen LogP contribution in [0.3, 0.4) is 0 Å². The zero-order valence-corrected chi connectivity index (χ0v) is 10.4. The number of imidazole rings is 1. The van der Waals surface area contributed by atoms with Crippen molar-refractivity contribution in [3.8, 4) is 10.7 Å². The van der Waals surface area contributed by atoms with Crippen LogP contribution in [0.1, 0.15) is 12.5 Å². The molecule has 3 rings (SSSR count). The van der Waals surface area contributed by atoms with Gasteiger partial charge in [-0.2, -0.15) is 0 Å². The number of H-pyrrole nitrogens is 1. The van der Waals surface area contributed by atoms with Crippen molar-refractivity contribution in [3.05, 3.63) is 40.8 Å². The molecule has 0 fully saturated rings. The van der Waals surface area contributed by atoms with Gasteiger partial charge in [-0.3, -0.25) is 0 Å². The number of aromatic nitrogens is 2. The standard InChI is InChI=1S/C13H10F2N2S/c1-2-7-5-6-18-12(7)13-16-9-4-3-8(14)10(15)11(9)17-13/h3-6H,2H2,1H3,(H,16,17). The van der Waals surface area contributed by atoms with Crippen molar-refractivity contribution in [2.45, 2.75) is 13.3 Å². The minimum absolute atomic E-state index is 0.0560. The SMILES string of the molecule is CCc1ccsc1-c1nc2c(F)c(F)ccc2[nH]1. The predicted octanol–water partition coefficient (Wildman–Crippen LogP) is 4.13. The molecule has 18 heavy (non-hydrogen) atoms. The number of hydrogen-bond acceptors (Lipinski definition) is 2. The van der Waals surface area contributed by atoms with Gasteiger partial charge in [-0.15, -0.1) is 11.3 Å². The number of halogens is 2. The maximum absolute atomic E-state index is 13.6. The highest BCUT2D eigenvalue weighted by Gasteiger charge is 2.15. The summed E-state index contributed by atoms with van der Waals surface area (Å²) in [6.45, 7) is 2.05. The molecule has 0 bridgehead atoms. The van der Waals surface area contributed by atoms with Gasteiger partial charge in [0.25, 0.3) is 0 Å². The van der Waals surface area contributed by atoms with Gasteiger partial charge in [0.1, 0.15) is 11.3 Å². The summed E-state index contributed by atoms with van der Waals surface area (Å²) < 4.78 is 26.7. The van der Waals surface area contributed by atoms with Crippen LogP contribution in [0.4, 0.5) is 8.78 Å². The molecule has 1 aromatic carbocycles. The maximum atomic E-state index is 13.6. The van der Waals surface area contributed by atoms with E-state index in [0.29, 0.717) is 11.3 Å². The average molecular weight is 264 g/mol. The van der Waals surface area contributed by atoms with E-state index in [0.717, 1.165) is 22.9 Å².